The van der Waals surface area contributed by atoms with Gasteiger partial charge in [-0.15, -0.1) is 0 Å². The van der Waals surface area contributed by atoms with Gasteiger partial charge in [-0.25, -0.2) is 0 Å². The van der Waals surface area contributed by atoms with Gasteiger partial charge in [0.2, 0.25) is 0 Å². The molecule has 7 atom stereocenters. The summed E-state index contributed by atoms with van der Waals surface area (Å²) in [6.07, 6.45) is 16.4. The highest BCUT2D eigenvalue weighted by atomic mass is 16.1. The van der Waals surface area contributed by atoms with E-state index in [-0.39, 0.29) is 68.5 Å². The van der Waals surface area contributed by atoms with Gasteiger partial charge in [0.1, 0.15) is 23.1 Å². The van der Waals surface area contributed by atoms with Crippen LogP contribution in [-0.4, -0.2) is 23.1 Å². The number of Topliss-reactive ketones (excluding diaryl/α,β-unsaturated/α-hetero) is 4. The third kappa shape index (κ3) is 8.36. The van der Waals surface area contributed by atoms with Gasteiger partial charge >= 0.3 is 0 Å². The molecule has 6 rings (SSSR count). The van der Waals surface area contributed by atoms with Crippen LogP contribution in [0.25, 0.3) is 0 Å². The van der Waals surface area contributed by atoms with Gasteiger partial charge < -0.3 is 0 Å². The average molecular weight is 693 g/mol. The van der Waals surface area contributed by atoms with Gasteiger partial charge in [-0.2, -0.15) is 0 Å². The molecule has 5 unspecified atom stereocenters. The first-order valence-corrected chi connectivity index (χ1v) is 20.5. The Morgan fingerprint density at radius 2 is 0.843 bits per heavy atom. The van der Waals surface area contributed by atoms with Gasteiger partial charge in [0, 0.05) is 49.4 Å². The second kappa shape index (κ2) is 15.6. The molecule has 0 aliphatic heterocycles. The van der Waals surface area contributed by atoms with Crippen LogP contribution in [0.5, 0.6) is 0 Å². The molecule has 0 aromatic heterocycles. The lowest BCUT2D eigenvalue weighted by Crippen LogP contribution is -2.35. The molecule has 0 amide bonds. The van der Waals surface area contributed by atoms with Crippen LogP contribution in [0, 0.1) is 45.3 Å². The van der Waals surface area contributed by atoms with Crippen molar-refractivity contribution in [1.29, 1.82) is 0 Å². The second-order valence-corrected chi connectivity index (χ2v) is 18.8. The molecule has 0 N–H and O–H groups in total. The summed E-state index contributed by atoms with van der Waals surface area (Å²) in [5.74, 6) is 0.0487. The molecule has 0 spiro atoms. The van der Waals surface area contributed by atoms with Crippen molar-refractivity contribution in [3.63, 3.8) is 0 Å². The quantitative estimate of drug-likeness (QED) is 0.176. The fourth-order valence-electron chi connectivity index (χ4n) is 11.5. The number of benzene rings is 2. The van der Waals surface area contributed by atoms with Crippen LogP contribution in [-0.2, 0) is 32.0 Å². The van der Waals surface area contributed by atoms with Crippen LogP contribution in [0.15, 0.2) is 60.7 Å². The van der Waals surface area contributed by atoms with Crippen LogP contribution in [0.3, 0.4) is 0 Å². The first-order chi connectivity index (χ1) is 24.3. The molecule has 4 nitrogen and oxygen atoms in total. The Kier molecular flexibility index (Phi) is 11.6. The van der Waals surface area contributed by atoms with E-state index in [0.717, 1.165) is 36.8 Å². The van der Waals surface area contributed by atoms with Crippen molar-refractivity contribution in [2.75, 3.05) is 0 Å². The normalized spacial score (nSPS) is 32.8. The van der Waals surface area contributed by atoms with Gasteiger partial charge in [-0.3, -0.25) is 19.2 Å². The number of fused-ring (bicyclic) bond motifs is 2. The largest absolute Gasteiger partial charge is 0.299 e. The Labute approximate surface area is 308 Å². The third-order valence-corrected chi connectivity index (χ3v) is 15.3. The van der Waals surface area contributed by atoms with E-state index in [2.05, 4.69) is 27.7 Å². The summed E-state index contributed by atoms with van der Waals surface area (Å²) in [6.45, 7) is 9.56. The summed E-state index contributed by atoms with van der Waals surface area (Å²) < 4.78 is 0. The number of carbonyl (C=O) groups is 4. The first kappa shape index (κ1) is 37.9. The van der Waals surface area contributed by atoms with E-state index in [1.54, 1.807) is 0 Å². The maximum absolute atomic E-state index is 13.9. The molecule has 4 fully saturated rings. The highest BCUT2D eigenvalue weighted by Crippen LogP contribution is 2.63. The maximum Gasteiger partial charge on any atom is 0.136 e. The third-order valence-electron chi connectivity index (χ3n) is 15.3. The molecule has 51 heavy (non-hydrogen) atoms. The number of rotatable bonds is 16. The molecule has 0 bridgehead atoms. The predicted octanol–water partition coefficient (Wildman–Crippen LogP) is 10.9. The van der Waals surface area contributed by atoms with E-state index in [0.29, 0.717) is 44.9 Å². The van der Waals surface area contributed by atoms with E-state index >= 15 is 0 Å². The van der Waals surface area contributed by atoms with Crippen LogP contribution >= 0.6 is 0 Å². The second-order valence-electron chi connectivity index (χ2n) is 18.8. The highest BCUT2D eigenvalue weighted by molar-refractivity contribution is 5.91. The van der Waals surface area contributed by atoms with Gasteiger partial charge in [-0.05, 0) is 103 Å². The minimum atomic E-state index is -0.367. The van der Waals surface area contributed by atoms with Crippen molar-refractivity contribution < 1.29 is 19.2 Å². The molecular weight excluding hydrogens is 629 g/mol. The van der Waals surface area contributed by atoms with Crippen molar-refractivity contribution >= 4 is 23.1 Å². The van der Waals surface area contributed by atoms with E-state index in [4.69, 9.17) is 0 Å². The minimum Gasteiger partial charge on any atom is -0.299 e. The van der Waals surface area contributed by atoms with E-state index in [1.807, 2.05) is 60.7 Å². The lowest BCUT2D eigenvalue weighted by atomic mass is 9.60. The van der Waals surface area contributed by atoms with Crippen LogP contribution in [0.2, 0.25) is 0 Å². The zero-order chi connectivity index (χ0) is 36.3. The molecule has 0 heterocycles. The highest BCUT2D eigenvalue weighted by Gasteiger charge is 2.55. The molecule has 4 heteroatoms. The number of hydrogen-bond acceptors (Lipinski definition) is 4. The number of carbonyl (C=O) groups excluding carboxylic acids is 4. The summed E-state index contributed by atoms with van der Waals surface area (Å²) in [6, 6.07) is 20.1. The van der Waals surface area contributed by atoms with E-state index in [1.165, 1.54) is 51.4 Å². The zero-order valence-corrected chi connectivity index (χ0v) is 32.2. The fourth-order valence-corrected chi connectivity index (χ4v) is 11.5. The summed E-state index contributed by atoms with van der Waals surface area (Å²) in [5.41, 5.74) is 3.02. The molecule has 4 aliphatic carbocycles. The van der Waals surface area contributed by atoms with Gasteiger partial charge in [0.15, 0.2) is 0 Å². The van der Waals surface area contributed by atoms with Gasteiger partial charge in [0.25, 0.3) is 0 Å². The SMILES string of the molecule is CC12CCCCC1(C)CC(C(=O)CC(Cc1ccccc1)C(=O)CCCC(=O)C(CC(=O)C1C[C@]3(C)CCCC[C@]3(C)C1)Cc1ccccc1)C2. The number of ketones is 4. The van der Waals surface area contributed by atoms with Crippen molar-refractivity contribution in [3.05, 3.63) is 71.8 Å². The number of hydrogen-bond donors (Lipinski definition) is 0. The first-order valence-electron chi connectivity index (χ1n) is 20.5. The smallest absolute Gasteiger partial charge is 0.136 e. The Bertz CT molecular complexity index is 1390. The summed E-state index contributed by atoms with van der Waals surface area (Å²) in [7, 11) is 0. The predicted molar refractivity (Wildman–Crippen MR) is 205 cm³/mol. The van der Waals surface area contributed by atoms with Crippen molar-refractivity contribution in [2.45, 2.75) is 150 Å². The minimum absolute atomic E-state index is 0.0380. The van der Waals surface area contributed by atoms with Crippen LogP contribution < -0.4 is 0 Å². The Balaban J connectivity index is 1.09. The average Bonchev–Trinajstić information content (AvgIpc) is 3.57. The molecule has 2 aromatic rings. The van der Waals surface area contributed by atoms with Crippen LogP contribution in [0.1, 0.15) is 148 Å². The van der Waals surface area contributed by atoms with Crippen molar-refractivity contribution in [2.24, 2.45) is 45.3 Å². The molecule has 2 aromatic carbocycles. The van der Waals surface area contributed by atoms with Crippen LogP contribution in [0.4, 0.5) is 0 Å². The molecule has 276 valence electrons. The van der Waals surface area contributed by atoms with E-state index in [9.17, 15) is 19.2 Å². The standard InChI is InChI=1S/C47H64O4/c1-44-22-11-12-23-45(44,2)31-38(30-44)42(50)28-36(26-34-16-7-5-8-17-34)40(48)20-15-21-41(49)37(27-35-18-9-6-10-19-35)29-43(51)39-32-46(3)24-13-14-25-47(46,4)33-39/h5-10,16-19,36-39H,11-15,20-33H2,1-4H3/t36?,37?,38?,39?,44-,45+,46?,47?. The zero-order valence-electron chi connectivity index (χ0n) is 32.2. The molecule has 0 radical (unpaired) electrons. The van der Waals surface area contributed by atoms with Crippen molar-refractivity contribution in [1.82, 2.24) is 0 Å². The lowest BCUT2D eigenvalue weighted by molar-refractivity contribution is -0.131. The fraction of sp³-hybridized carbons (Fsp3) is 0.660. The monoisotopic (exact) mass is 692 g/mol. The van der Waals surface area contributed by atoms with Crippen molar-refractivity contribution in [3.8, 4) is 0 Å². The Morgan fingerprint density at radius 1 is 0.529 bits per heavy atom. The van der Waals surface area contributed by atoms with Gasteiger partial charge in [0.05, 0.1) is 0 Å². The summed E-state index contributed by atoms with van der Waals surface area (Å²) in [4.78, 5) is 55.7. The lowest BCUT2D eigenvalue weighted by Gasteiger charge is -2.45. The molecule has 0 saturated heterocycles. The summed E-state index contributed by atoms with van der Waals surface area (Å²) in [5, 5.41) is 0. The molecule has 4 aliphatic rings. The summed E-state index contributed by atoms with van der Waals surface area (Å²) >= 11 is 0. The topological polar surface area (TPSA) is 68.3 Å². The Morgan fingerprint density at radius 3 is 1.16 bits per heavy atom. The Hall–Kier alpha value is -2.88. The maximum atomic E-state index is 13.9. The van der Waals surface area contributed by atoms with E-state index < -0.39 is 0 Å². The molecule has 4 saturated carbocycles. The molecular formula is C47H64O4. The van der Waals surface area contributed by atoms with Gasteiger partial charge in [-0.1, -0.05) is 114 Å².